The van der Waals surface area contributed by atoms with Crippen LogP contribution in [0.3, 0.4) is 0 Å². The van der Waals surface area contributed by atoms with Crippen molar-refractivity contribution in [3.8, 4) is 5.69 Å². The molecule has 0 fully saturated rings. The highest BCUT2D eigenvalue weighted by Gasteiger charge is 2.21. The number of imidazole rings is 1. The Bertz CT molecular complexity index is 1520. The number of rotatable bonds is 9. The zero-order valence-electron chi connectivity index (χ0n) is 22.2. The summed E-state index contributed by atoms with van der Waals surface area (Å²) in [6.07, 6.45) is -1.47. The predicted octanol–water partition coefficient (Wildman–Crippen LogP) is 6.93. The molecule has 2 heterocycles. The van der Waals surface area contributed by atoms with Crippen LogP contribution in [0.2, 0.25) is 0 Å². The number of nitrogens with one attached hydrogen (secondary N) is 3. The van der Waals surface area contributed by atoms with Gasteiger partial charge < -0.3 is 10.6 Å². The first-order chi connectivity index (χ1) is 18.5. The van der Waals surface area contributed by atoms with Crippen molar-refractivity contribution in [1.82, 2.24) is 14.9 Å². The molecule has 2 amide bonds. The lowest BCUT2D eigenvalue weighted by Gasteiger charge is -2.28. The number of benzene rings is 2. The number of carbonyl (C=O) groups is 2. The molecule has 0 saturated heterocycles. The Hall–Kier alpha value is -3.89. The van der Waals surface area contributed by atoms with Crippen molar-refractivity contribution in [2.75, 3.05) is 10.6 Å². The largest absolute Gasteiger partial charge is 0.322 e. The Labute approximate surface area is 229 Å². The summed E-state index contributed by atoms with van der Waals surface area (Å²) in [7, 11) is 0. The fraction of sp³-hybridized carbons (Fsp3) is 0.276. The standard InChI is InChI=1S/C29H31F2N5O2S/c1-6-25(37)33-19-8-7-9-20(15-19)36-22-11-10-18(16-32-17(2)29(3,4)5)14-21(22)34-28(36)35-27(38)24-13-12-23(39-24)26(30)31/h6-15,17,26,32H,1,16H2,2-5H3,(H,33,37)(H,34,35,38)/t17-/m0/s1. The van der Waals surface area contributed by atoms with Crippen molar-refractivity contribution >= 4 is 45.8 Å². The van der Waals surface area contributed by atoms with Gasteiger partial charge in [-0.1, -0.05) is 39.5 Å². The Morgan fingerprint density at radius 2 is 1.87 bits per heavy atom. The third-order valence-corrected chi connectivity index (χ3v) is 7.57. The maximum Gasteiger partial charge on any atom is 0.272 e. The summed E-state index contributed by atoms with van der Waals surface area (Å²) in [6, 6.07) is 15.8. The summed E-state index contributed by atoms with van der Waals surface area (Å²) in [5.41, 5.74) is 3.67. The van der Waals surface area contributed by atoms with Gasteiger partial charge in [0.2, 0.25) is 11.9 Å². The average Bonchev–Trinajstić information content (AvgIpc) is 3.52. The minimum atomic E-state index is -2.65. The molecule has 10 heteroatoms. The second-order valence-electron chi connectivity index (χ2n) is 10.3. The molecule has 7 nitrogen and oxygen atoms in total. The molecule has 2 aromatic heterocycles. The molecule has 0 saturated carbocycles. The summed E-state index contributed by atoms with van der Waals surface area (Å²) in [5, 5.41) is 9.06. The molecule has 0 aliphatic carbocycles. The molecule has 4 aromatic rings. The molecule has 0 unspecified atom stereocenters. The summed E-state index contributed by atoms with van der Waals surface area (Å²) < 4.78 is 27.9. The summed E-state index contributed by atoms with van der Waals surface area (Å²) in [4.78, 5) is 29.5. The highest BCUT2D eigenvalue weighted by Crippen LogP contribution is 2.30. The number of anilines is 2. The predicted molar refractivity (Wildman–Crippen MR) is 153 cm³/mol. The van der Waals surface area contributed by atoms with Crippen molar-refractivity contribution in [2.24, 2.45) is 5.41 Å². The maximum absolute atomic E-state index is 13.1. The molecule has 0 bridgehead atoms. The number of amides is 2. The average molecular weight is 552 g/mol. The minimum Gasteiger partial charge on any atom is -0.322 e. The van der Waals surface area contributed by atoms with E-state index in [9.17, 15) is 18.4 Å². The molecule has 0 aliphatic rings. The molecule has 0 aliphatic heterocycles. The maximum atomic E-state index is 13.1. The van der Waals surface area contributed by atoms with Crippen LogP contribution >= 0.6 is 11.3 Å². The van der Waals surface area contributed by atoms with E-state index in [1.54, 1.807) is 22.8 Å². The van der Waals surface area contributed by atoms with E-state index in [1.807, 2.05) is 24.3 Å². The molecule has 1 atom stereocenters. The number of alkyl halides is 2. The third kappa shape index (κ3) is 6.58. The first kappa shape index (κ1) is 28.1. The zero-order valence-corrected chi connectivity index (χ0v) is 23.0. The molecule has 0 spiro atoms. The van der Waals surface area contributed by atoms with Crippen molar-refractivity contribution in [3.63, 3.8) is 0 Å². The van der Waals surface area contributed by atoms with Crippen LogP contribution in [-0.4, -0.2) is 27.4 Å². The lowest BCUT2D eigenvalue weighted by molar-refractivity contribution is -0.111. The van der Waals surface area contributed by atoms with E-state index in [0.29, 0.717) is 23.4 Å². The summed E-state index contributed by atoms with van der Waals surface area (Å²) >= 11 is 0.738. The van der Waals surface area contributed by atoms with Crippen LogP contribution in [0.15, 0.2) is 67.3 Å². The second kappa shape index (κ2) is 11.5. The van der Waals surface area contributed by atoms with E-state index in [0.717, 1.165) is 22.4 Å². The van der Waals surface area contributed by atoms with E-state index >= 15 is 0 Å². The number of nitrogens with zero attached hydrogens (tertiary/aromatic N) is 2. The van der Waals surface area contributed by atoms with Gasteiger partial charge in [-0.2, -0.15) is 0 Å². The minimum absolute atomic E-state index is 0.0984. The summed E-state index contributed by atoms with van der Waals surface area (Å²) in [5.74, 6) is -0.673. The molecule has 3 N–H and O–H groups in total. The number of hydrogen-bond donors (Lipinski definition) is 3. The molecule has 4 rings (SSSR count). The van der Waals surface area contributed by atoms with E-state index in [-0.39, 0.29) is 33.1 Å². The van der Waals surface area contributed by atoms with Gasteiger partial charge in [0.05, 0.1) is 26.5 Å². The first-order valence-electron chi connectivity index (χ1n) is 12.4. The van der Waals surface area contributed by atoms with Crippen molar-refractivity contribution in [2.45, 2.75) is 46.7 Å². The SMILES string of the molecule is C=CC(=O)Nc1cccc(-n2c(NC(=O)c3ccc(C(F)F)s3)nc3cc(CN[C@@H](C)C(C)(C)C)ccc32)c1. The van der Waals surface area contributed by atoms with Crippen LogP contribution in [-0.2, 0) is 11.3 Å². The number of aromatic nitrogens is 2. The molecule has 204 valence electrons. The Balaban J connectivity index is 1.73. The van der Waals surface area contributed by atoms with Gasteiger partial charge in [-0.05, 0) is 66.4 Å². The van der Waals surface area contributed by atoms with Gasteiger partial charge in [0.25, 0.3) is 12.3 Å². The van der Waals surface area contributed by atoms with Gasteiger partial charge >= 0.3 is 0 Å². The van der Waals surface area contributed by atoms with Crippen LogP contribution in [0.25, 0.3) is 16.7 Å². The van der Waals surface area contributed by atoms with Crippen LogP contribution in [0.5, 0.6) is 0 Å². The fourth-order valence-electron chi connectivity index (χ4n) is 3.83. The number of halogens is 2. The van der Waals surface area contributed by atoms with Gasteiger partial charge in [-0.25, -0.2) is 13.8 Å². The van der Waals surface area contributed by atoms with Crippen LogP contribution in [0.4, 0.5) is 20.4 Å². The van der Waals surface area contributed by atoms with Crippen LogP contribution in [0.1, 0.15) is 54.2 Å². The molecule has 39 heavy (non-hydrogen) atoms. The quantitative estimate of drug-likeness (QED) is 0.197. The first-order valence-corrected chi connectivity index (χ1v) is 13.3. The van der Waals surface area contributed by atoms with E-state index in [4.69, 9.17) is 4.98 Å². The van der Waals surface area contributed by atoms with Gasteiger partial charge in [0.15, 0.2) is 0 Å². The number of carbonyl (C=O) groups excluding carboxylic acids is 2. The lowest BCUT2D eigenvalue weighted by Crippen LogP contribution is -2.37. The second-order valence-corrected chi connectivity index (χ2v) is 11.4. The van der Waals surface area contributed by atoms with Crippen molar-refractivity contribution in [3.05, 3.63) is 82.6 Å². The zero-order chi connectivity index (χ0) is 28.3. The van der Waals surface area contributed by atoms with Crippen molar-refractivity contribution in [1.29, 1.82) is 0 Å². The van der Waals surface area contributed by atoms with E-state index in [1.165, 1.54) is 18.2 Å². The molecule has 2 aromatic carbocycles. The monoisotopic (exact) mass is 551 g/mol. The van der Waals surface area contributed by atoms with Gasteiger partial charge in [0, 0.05) is 18.3 Å². The van der Waals surface area contributed by atoms with Gasteiger partial charge in [-0.3, -0.25) is 19.5 Å². The van der Waals surface area contributed by atoms with E-state index < -0.39 is 12.3 Å². The van der Waals surface area contributed by atoms with E-state index in [2.05, 4.69) is 50.2 Å². The van der Waals surface area contributed by atoms with Crippen molar-refractivity contribution < 1.29 is 18.4 Å². The third-order valence-electron chi connectivity index (χ3n) is 6.48. The highest BCUT2D eigenvalue weighted by molar-refractivity contribution is 7.14. The normalized spacial score (nSPS) is 12.5. The Morgan fingerprint density at radius 3 is 2.54 bits per heavy atom. The molecular formula is C29H31F2N5O2S. The number of fused-ring (bicyclic) bond motifs is 1. The van der Waals surface area contributed by atoms with Gasteiger partial charge in [-0.15, -0.1) is 11.3 Å². The summed E-state index contributed by atoms with van der Waals surface area (Å²) in [6.45, 7) is 12.8. The Morgan fingerprint density at radius 1 is 1.10 bits per heavy atom. The lowest BCUT2D eigenvalue weighted by atomic mass is 9.88. The fourth-order valence-corrected chi connectivity index (χ4v) is 4.59. The highest BCUT2D eigenvalue weighted by atomic mass is 32.1. The van der Waals surface area contributed by atoms with Crippen LogP contribution in [0, 0.1) is 5.41 Å². The molecular weight excluding hydrogens is 520 g/mol. The Kier molecular flexibility index (Phi) is 8.27. The van der Waals surface area contributed by atoms with Gasteiger partial charge in [0.1, 0.15) is 0 Å². The molecule has 0 radical (unpaired) electrons. The number of thiophene rings is 1. The number of hydrogen-bond acceptors (Lipinski definition) is 5. The van der Waals surface area contributed by atoms with Crippen LogP contribution < -0.4 is 16.0 Å². The topological polar surface area (TPSA) is 88.1 Å². The smallest absolute Gasteiger partial charge is 0.272 e.